The first-order valence-corrected chi connectivity index (χ1v) is 8.16. The Hall–Kier alpha value is -1.84. The van der Waals surface area contributed by atoms with Crippen molar-refractivity contribution in [2.75, 3.05) is 5.32 Å². The molecule has 2 rings (SSSR count). The minimum atomic E-state index is -0.793. The van der Waals surface area contributed by atoms with E-state index in [0.29, 0.717) is 12.3 Å². The standard InChI is InChI=1S/C18H25NO3/c1-13(12-15-4-2-3-5-15)18(22)19-16-9-6-14(7-10-16)8-11-17(20)21/h6-7,9-10,13,15H,2-5,8,11-12H2,1H3,(H,19,22)(H,20,21). The zero-order valence-corrected chi connectivity index (χ0v) is 13.2. The number of rotatable bonds is 7. The third-order valence-corrected chi connectivity index (χ3v) is 4.46. The number of hydrogen-bond donors (Lipinski definition) is 2. The van der Waals surface area contributed by atoms with Gasteiger partial charge in [-0.1, -0.05) is 44.7 Å². The van der Waals surface area contributed by atoms with Crippen LogP contribution in [0, 0.1) is 11.8 Å². The molecule has 1 aromatic rings. The first-order chi connectivity index (χ1) is 10.5. The number of aliphatic carboxylic acids is 1. The number of carbonyl (C=O) groups excluding carboxylic acids is 1. The molecule has 0 heterocycles. The maximum atomic E-state index is 12.2. The third-order valence-electron chi connectivity index (χ3n) is 4.46. The first-order valence-electron chi connectivity index (χ1n) is 8.16. The minimum Gasteiger partial charge on any atom is -0.481 e. The van der Waals surface area contributed by atoms with Gasteiger partial charge >= 0.3 is 5.97 Å². The highest BCUT2D eigenvalue weighted by atomic mass is 16.4. The maximum absolute atomic E-state index is 12.2. The van der Waals surface area contributed by atoms with Gasteiger partial charge in [-0.3, -0.25) is 9.59 Å². The minimum absolute atomic E-state index is 0.0368. The van der Waals surface area contributed by atoms with Crippen LogP contribution < -0.4 is 5.32 Å². The van der Waals surface area contributed by atoms with Crippen LogP contribution in [0.15, 0.2) is 24.3 Å². The SMILES string of the molecule is CC(CC1CCCC1)C(=O)Nc1ccc(CCC(=O)O)cc1. The molecule has 0 saturated heterocycles. The number of anilines is 1. The van der Waals surface area contributed by atoms with E-state index < -0.39 is 5.97 Å². The van der Waals surface area contributed by atoms with Crippen LogP contribution in [0.25, 0.3) is 0 Å². The summed E-state index contributed by atoms with van der Waals surface area (Å²) < 4.78 is 0. The van der Waals surface area contributed by atoms with E-state index in [1.54, 1.807) is 0 Å². The van der Waals surface area contributed by atoms with Gasteiger partial charge in [0.05, 0.1) is 0 Å². The van der Waals surface area contributed by atoms with E-state index in [9.17, 15) is 9.59 Å². The van der Waals surface area contributed by atoms with Crippen molar-refractivity contribution >= 4 is 17.6 Å². The van der Waals surface area contributed by atoms with E-state index in [1.165, 1.54) is 25.7 Å². The van der Waals surface area contributed by atoms with Crippen LogP contribution in [0.2, 0.25) is 0 Å². The van der Waals surface area contributed by atoms with Gasteiger partial charge in [0, 0.05) is 18.0 Å². The largest absolute Gasteiger partial charge is 0.481 e. The van der Waals surface area contributed by atoms with Crippen molar-refractivity contribution in [3.05, 3.63) is 29.8 Å². The van der Waals surface area contributed by atoms with Crippen molar-refractivity contribution in [2.24, 2.45) is 11.8 Å². The van der Waals surface area contributed by atoms with Gasteiger partial charge in [0.15, 0.2) is 0 Å². The fraction of sp³-hybridized carbons (Fsp3) is 0.556. The number of hydrogen-bond acceptors (Lipinski definition) is 2. The molecular weight excluding hydrogens is 278 g/mol. The molecule has 0 aliphatic heterocycles. The summed E-state index contributed by atoms with van der Waals surface area (Å²) in [5, 5.41) is 11.6. The van der Waals surface area contributed by atoms with Crippen molar-refractivity contribution < 1.29 is 14.7 Å². The molecule has 4 heteroatoms. The summed E-state index contributed by atoms with van der Waals surface area (Å²) in [5.41, 5.74) is 1.75. The summed E-state index contributed by atoms with van der Waals surface area (Å²) in [5.74, 6) is 0.0252. The molecule has 0 aromatic heterocycles. The second-order valence-corrected chi connectivity index (χ2v) is 6.37. The lowest BCUT2D eigenvalue weighted by Gasteiger charge is -2.16. The molecule has 1 saturated carbocycles. The molecule has 0 spiro atoms. The monoisotopic (exact) mass is 303 g/mol. The Labute approximate surface area is 131 Å². The van der Waals surface area contributed by atoms with E-state index in [-0.39, 0.29) is 18.2 Å². The lowest BCUT2D eigenvalue weighted by molar-refractivity contribution is -0.137. The molecule has 1 fully saturated rings. The molecule has 1 atom stereocenters. The molecular formula is C18H25NO3. The van der Waals surface area contributed by atoms with Gasteiger partial charge in [-0.05, 0) is 36.5 Å². The van der Waals surface area contributed by atoms with E-state index in [2.05, 4.69) is 5.32 Å². The molecule has 1 unspecified atom stereocenters. The topological polar surface area (TPSA) is 66.4 Å². The number of carbonyl (C=O) groups is 2. The maximum Gasteiger partial charge on any atom is 0.303 e. The van der Waals surface area contributed by atoms with Crippen molar-refractivity contribution in [2.45, 2.75) is 51.9 Å². The van der Waals surface area contributed by atoms with Gasteiger partial charge in [0.1, 0.15) is 0 Å². The Morgan fingerprint density at radius 2 is 1.86 bits per heavy atom. The highest BCUT2D eigenvalue weighted by molar-refractivity contribution is 5.92. The van der Waals surface area contributed by atoms with Crippen molar-refractivity contribution in [3.63, 3.8) is 0 Å². The van der Waals surface area contributed by atoms with Gasteiger partial charge in [-0.15, -0.1) is 0 Å². The molecule has 2 N–H and O–H groups in total. The summed E-state index contributed by atoms with van der Waals surface area (Å²) in [6, 6.07) is 7.44. The van der Waals surface area contributed by atoms with Gasteiger partial charge in [0.2, 0.25) is 5.91 Å². The average Bonchev–Trinajstić information content (AvgIpc) is 2.99. The quantitative estimate of drug-likeness (QED) is 0.804. The molecule has 0 bridgehead atoms. The van der Waals surface area contributed by atoms with Gasteiger partial charge in [-0.2, -0.15) is 0 Å². The summed E-state index contributed by atoms with van der Waals surface area (Å²) >= 11 is 0. The lowest BCUT2D eigenvalue weighted by Crippen LogP contribution is -2.22. The first kappa shape index (κ1) is 16.5. The van der Waals surface area contributed by atoms with Gasteiger partial charge in [-0.25, -0.2) is 0 Å². The van der Waals surface area contributed by atoms with Crippen LogP contribution in [0.4, 0.5) is 5.69 Å². The Balaban J connectivity index is 1.81. The molecule has 1 amide bonds. The lowest BCUT2D eigenvalue weighted by atomic mass is 9.94. The van der Waals surface area contributed by atoms with Crippen molar-refractivity contribution in [3.8, 4) is 0 Å². The molecule has 1 aromatic carbocycles. The Kier molecular flexibility index (Phi) is 5.99. The Bertz CT molecular complexity index is 504. The number of nitrogens with one attached hydrogen (secondary N) is 1. The number of benzene rings is 1. The van der Waals surface area contributed by atoms with Crippen LogP contribution in [0.1, 0.15) is 51.0 Å². The second-order valence-electron chi connectivity index (χ2n) is 6.37. The molecule has 120 valence electrons. The normalized spacial score (nSPS) is 16.4. The Morgan fingerprint density at radius 3 is 2.45 bits per heavy atom. The Morgan fingerprint density at radius 1 is 1.23 bits per heavy atom. The van der Waals surface area contributed by atoms with E-state index in [0.717, 1.165) is 17.7 Å². The van der Waals surface area contributed by atoms with Crippen LogP contribution in [-0.4, -0.2) is 17.0 Å². The van der Waals surface area contributed by atoms with E-state index in [1.807, 2.05) is 31.2 Å². The zero-order valence-electron chi connectivity index (χ0n) is 13.2. The van der Waals surface area contributed by atoms with Crippen LogP contribution in [-0.2, 0) is 16.0 Å². The predicted octanol–water partition coefficient (Wildman–Crippen LogP) is 3.86. The molecule has 0 radical (unpaired) electrons. The van der Waals surface area contributed by atoms with Crippen LogP contribution in [0.5, 0.6) is 0 Å². The number of amides is 1. The number of aryl methyl sites for hydroxylation is 1. The summed E-state index contributed by atoms with van der Waals surface area (Å²) in [7, 11) is 0. The van der Waals surface area contributed by atoms with Gasteiger partial charge in [0.25, 0.3) is 0 Å². The second kappa shape index (κ2) is 7.97. The highest BCUT2D eigenvalue weighted by Crippen LogP contribution is 2.30. The summed E-state index contributed by atoms with van der Waals surface area (Å²) in [6.07, 6.45) is 6.74. The summed E-state index contributed by atoms with van der Waals surface area (Å²) in [6.45, 7) is 1.99. The molecule has 4 nitrogen and oxygen atoms in total. The molecule has 22 heavy (non-hydrogen) atoms. The fourth-order valence-corrected chi connectivity index (χ4v) is 3.12. The number of carboxylic acid groups (broad SMARTS) is 1. The predicted molar refractivity (Wildman–Crippen MR) is 86.8 cm³/mol. The van der Waals surface area contributed by atoms with Crippen LogP contribution in [0.3, 0.4) is 0 Å². The smallest absolute Gasteiger partial charge is 0.303 e. The van der Waals surface area contributed by atoms with Crippen LogP contribution >= 0.6 is 0 Å². The van der Waals surface area contributed by atoms with Crippen molar-refractivity contribution in [1.29, 1.82) is 0 Å². The van der Waals surface area contributed by atoms with Gasteiger partial charge < -0.3 is 10.4 Å². The average molecular weight is 303 g/mol. The number of carboxylic acids is 1. The molecule has 1 aliphatic carbocycles. The summed E-state index contributed by atoms with van der Waals surface area (Å²) in [4.78, 5) is 22.8. The third kappa shape index (κ3) is 5.17. The fourth-order valence-electron chi connectivity index (χ4n) is 3.12. The zero-order chi connectivity index (χ0) is 15.9. The highest BCUT2D eigenvalue weighted by Gasteiger charge is 2.21. The van der Waals surface area contributed by atoms with Crippen molar-refractivity contribution in [1.82, 2.24) is 0 Å². The van der Waals surface area contributed by atoms with E-state index >= 15 is 0 Å². The molecule has 1 aliphatic rings. The van der Waals surface area contributed by atoms with E-state index in [4.69, 9.17) is 5.11 Å².